The summed E-state index contributed by atoms with van der Waals surface area (Å²) in [6, 6.07) is 7.92. The summed E-state index contributed by atoms with van der Waals surface area (Å²) in [4.78, 5) is 2.12. The number of nitrogens with two attached hydrogens (primary N) is 1. The quantitative estimate of drug-likeness (QED) is 0.892. The first kappa shape index (κ1) is 12.2. The number of halogens is 1. The zero-order valence-electron chi connectivity index (χ0n) is 9.86. The van der Waals surface area contributed by atoms with Crippen molar-refractivity contribution < 1.29 is 0 Å². The van der Waals surface area contributed by atoms with E-state index in [9.17, 15) is 0 Å². The Bertz CT molecular complexity index is 448. The lowest BCUT2D eigenvalue weighted by molar-refractivity contribution is 0.570. The second-order valence-electron chi connectivity index (χ2n) is 4.52. The molecular formula is C13H16ClN3. The fourth-order valence-corrected chi connectivity index (χ4v) is 2.40. The Morgan fingerprint density at radius 2 is 2.29 bits per heavy atom. The number of likely N-dealkylation sites (N-methyl/N-ethyl adjacent to an activating group) is 1. The molecule has 1 unspecified atom stereocenters. The number of nitrogens with zero attached hydrogens (tertiary/aromatic N) is 2. The van der Waals surface area contributed by atoms with Crippen molar-refractivity contribution in [2.24, 2.45) is 11.7 Å². The standard InChI is InChI=1S/C13H16ClN3/c1-17(13(8-16)9-2-3-9)12-5-4-11(14)6-10(12)7-15/h4-6,9,13H,2-3,8,16H2,1H3. The van der Waals surface area contributed by atoms with Gasteiger partial charge in [0.2, 0.25) is 0 Å². The van der Waals surface area contributed by atoms with Crippen LogP contribution in [0.1, 0.15) is 18.4 Å². The van der Waals surface area contributed by atoms with E-state index < -0.39 is 0 Å². The molecule has 0 aliphatic heterocycles. The molecule has 2 rings (SSSR count). The molecule has 0 aromatic heterocycles. The molecule has 0 spiro atoms. The highest BCUT2D eigenvalue weighted by molar-refractivity contribution is 6.30. The van der Waals surface area contributed by atoms with Gasteiger partial charge in [0, 0.05) is 24.7 Å². The Balaban J connectivity index is 2.29. The van der Waals surface area contributed by atoms with Gasteiger partial charge in [-0.15, -0.1) is 0 Å². The van der Waals surface area contributed by atoms with E-state index in [4.69, 9.17) is 22.6 Å². The monoisotopic (exact) mass is 249 g/mol. The predicted octanol–water partition coefficient (Wildman–Crippen LogP) is 2.39. The Morgan fingerprint density at radius 3 is 2.82 bits per heavy atom. The minimum Gasteiger partial charge on any atom is -0.369 e. The van der Waals surface area contributed by atoms with Crippen molar-refractivity contribution in [3.05, 3.63) is 28.8 Å². The topological polar surface area (TPSA) is 53.0 Å². The van der Waals surface area contributed by atoms with Crippen LogP contribution in [-0.4, -0.2) is 19.6 Å². The van der Waals surface area contributed by atoms with Crippen molar-refractivity contribution in [1.29, 1.82) is 5.26 Å². The van der Waals surface area contributed by atoms with Gasteiger partial charge in [-0.3, -0.25) is 0 Å². The van der Waals surface area contributed by atoms with Crippen LogP contribution in [0.3, 0.4) is 0 Å². The maximum absolute atomic E-state index is 9.13. The summed E-state index contributed by atoms with van der Waals surface area (Å²) in [5, 5.41) is 9.73. The Labute approximate surface area is 107 Å². The van der Waals surface area contributed by atoms with Gasteiger partial charge in [-0.2, -0.15) is 5.26 Å². The predicted molar refractivity (Wildman–Crippen MR) is 70.1 cm³/mol. The molecule has 0 radical (unpaired) electrons. The van der Waals surface area contributed by atoms with E-state index in [1.54, 1.807) is 6.07 Å². The van der Waals surface area contributed by atoms with Crippen molar-refractivity contribution in [2.45, 2.75) is 18.9 Å². The molecule has 0 heterocycles. The molecule has 1 atom stereocenters. The van der Waals surface area contributed by atoms with Crippen molar-refractivity contribution in [2.75, 3.05) is 18.5 Å². The molecule has 1 fully saturated rings. The van der Waals surface area contributed by atoms with Crippen LogP contribution in [-0.2, 0) is 0 Å². The SMILES string of the molecule is CN(c1ccc(Cl)cc1C#N)C(CN)C1CC1. The number of hydrogen-bond acceptors (Lipinski definition) is 3. The molecule has 0 bridgehead atoms. The molecule has 0 saturated heterocycles. The third-order valence-electron chi connectivity index (χ3n) is 3.36. The van der Waals surface area contributed by atoms with E-state index in [1.807, 2.05) is 19.2 Å². The zero-order chi connectivity index (χ0) is 12.4. The van der Waals surface area contributed by atoms with Crippen LogP contribution in [0.4, 0.5) is 5.69 Å². The Morgan fingerprint density at radius 1 is 1.59 bits per heavy atom. The molecule has 1 aliphatic carbocycles. The maximum atomic E-state index is 9.13. The highest BCUT2D eigenvalue weighted by Crippen LogP contribution is 2.37. The van der Waals surface area contributed by atoms with Gasteiger partial charge in [0.25, 0.3) is 0 Å². The molecule has 3 nitrogen and oxygen atoms in total. The zero-order valence-corrected chi connectivity index (χ0v) is 10.6. The lowest BCUT2D eigenvalue weighted by Crippen LogP contribution is -2.40. The minimum atomic E-state index is 0.322. The van der Waals surface area contributed by atoms with E-state index in [-0.39, 0.29) is 0 Å². The molecule has 2 N–H and O–H groups in total. The van der Waals surface area contributed by atoms with Gasteiger partial charge in [0.1, 0.15) is 6.07 Å². The van der Waals surface area contributed by atoms with Crippen molar-refractivity contribution >= 4 is 17.3 Å². The van der Waals surface area contributed by atoms with Crippen LogP contribution in [0, 0.1) is 17.2 Å². The summed E-state index contributed by atoms with van der Waals surface area (Å²) in [6.45, 7) is 0.620. The van der Waals surface area contributed by atoms with Crippen molar-refractivity contribution in [3.63, 3.8) is 0 Å². The summed E-state index contributed by atoms with van der Waals surface area (Å²) in [5.41, 5.74) is 7.35. The van der Waals surface area contributed by atoms with Gasteiger partial charge in [0.05, 0.1) is 11.3 Å². The average molecular weight is 250 g/mol. The summed E-state index contributed by atoms with van der Waals surface area (Å²) in [7, 11) is 2.00. The molecule has 0 amide bonds. The molecule has 17 heavy (non-hydrogen) atoms. The first-order valence-corrected chi connectivity index (χ1v) is 6.17. The molecule has 1 aliphatic rings. The highest BCUT2D eigenvalue weighted by atomic mass is 35.5. The minimum absolute atomic E-state index is 0.322. The van der Waals surface area contributed by atoms with Gasteiger partial charge >= 0.3 is 0 Å². The highest BCUT2D eigenvalue weighted by Gasteiger charge is 2.33. The fraction of sp³-hybridized carbons (Fsp3) is 0.462. The van der Waals surface area contributed by atoms with Crippen LogP contribution in [0.15, 0.2) is 18.2 Å². The maximum Gasteiger partial charge on any atom is 0.101 e. The van der Waals surface area contributed by atoms with Crippen LogP contribution >= 0.6 is 11.6 Å². The van der Waals surface area contributed by atoms with E-state index in [0.29, 0.717) is 29.1 Å². The number of benzene rings is 1. The molecule has 1 aromatic rings. The first-order chi connectivity index (χ1) is 8.17. The lowest BCUT2D eigenvalue weighted by atomic mass is 10.1. The molecule has 4 heteroatoms. The fourth-order valence-electron chi connectivity index (χ4n) is 2.23. The van der Waals surface area contributed by atoms with Gasteiger partial charge in [-0.05, 0) is 37.0 Å². The van der Waals surface area contributed by atoms with Crippen LogP contribution in [0.5, 0.6) is 0 Å². The van der Waals surface area contributed by atoms with Crippen LogP contribution < -0.4 is 10.6 Å². The summed E-state index contributed by atoms with van der Waals surface area (Å²) >= 11 is 5.89. The van der Waals surface area contributed by atoms with E-state index in [1.165, 1.54) is 12.8 Å². The largest absolute Gasteiger partial charge is 0.369 e. The van der Waals surface area contributed by atoms with Crippen molar-refractivity contribution in [3.8, 4) is 6.07 Å². The molecule has 1 saturated carbocycles. The first-order valence-electron chi connectivity index (χ1n) is 5.80. The average Bonchev–Trinajstić information content (AvgIpc) is 3.14. The second-order valence-corrected chi connectivity index (χ2v) is 4.96. The van der Waals surface area contributed by atoms with Gasteiger partial charge < -0.3 is 10.6 Å². The normalized spacial score (nSPS) is 16.4. The summed E-state index contributed by atoms with van der Waals surface area (Å²) in [5.74, 6) is 0.673. The van der Waals surface area contributed by atoms with Gasteiger partial charge in [-0.1, -0.05) is 11.6 Å². The number of nitriles is 1. The Kier molecular flexibility index (Phi) is 3.56. The Hall–Kier alpha value is -1.24. The third-order valence-corrected chi connectivity index (χ3v) is 3.60. The lowest BCUT2D eigenvalue weighted by Gasteiger charge is -2.30. The molecular weight excluding hydrogens is 234 g/mol. The van der Waals surface area contributed by atoms with Crippen LogP contribution in [0.25, 0.3) is 0 Å². The number of hydrogen-bond donors (Lipinski definition) is 1. The number of anilines is 1. The summed E-state index contributed by atoms with van der Waals surface area (Å²) < 4.78 is 0. The van der Waals surface area contributed by atoms with Gasteiger partial charge in [-0.25, -0.2) is 0 Å². The van der Waals surface area contributed by atoms with Crippen molar-refractivity contribution in [1.82, 2.24) is 0 Å². The van der Waals surface area contributed by atoms with Crippen LogP contribution in [0.2, 0.25) is 5.02 Å². The van der Waals surface area contributed by atoms with E-state index >= 15 is 0 Å². The second kappa shape index (κ2) is 4.95. The number of rotatable bonds is 4. The summed E-state index contributed by atoms with van der Waals surface area (Å²) in [6.07, 6.45) is 2.48. The molecule has 90 valence electrons. The van der Waals surface area contributed by atoms with Gasteiger partial charge in [0.15, 0.2) is 0 Å². The smallest absolute Gasteiger partial charge is 0.101 e. The van der Waals surface area contributed by atoms with E-state index in [0.717, 1.165) is 5.69 Å². The third kappa shape index (κ3) is 2.54. The molecule has 1 aromatic carbocycles. The van der Waals surface area contributed by atoms with E-state index in [2.05, 4.69) is 11.0 Å².